The number of carbonyl (C=O) groups is 1. The number of rotatable bonds is 7. The molecule has 1 aliphatic heterocycles. The Morgan fingerprint density at radius 1 is 1.30 bits per heavy atom. The molecule has 6 heteroatoms. The SMILES string of the molecule is COc1cc(C(=O)C(C)(C)N2CCOCC2)ccc1OCCO. The first-order valence-corrected chi connectivity index (χ1v) is 7.80. The number of benzene rings is 1. The maximum Gasteiger partial charge on any atom is 0.182 e. The fourth-order valence-electron chi connectivity index (χ4n) is 2.70. The van der Waals surface area contributed by atoms with Gasteiger partial charge in [-0.3, -0.25) is 9.69 Å². The van der Waals surface area contributed by atoms with Gasteiger partial charge in [0, 0.05) is 18.7 Å². The highest BCUT2D eigenvalue weighted by Gasteiger charge is 2.36. The molecule has 23 heavy (non-hydrogen) atoms. The zero-order chi connectivity index (χ0) is 16.9. The van der Waals surface area contributed by atoms with Gasteiger partial charge >= 0.3 is 0 Å². The van der Waals surface area contributed by atoms with E-state index < -0.39 is 5.54 Å². The van der Waals surface area contributed by atoms with Gasteiger partial charge in [0.1, 0.15) is 6.61 Å². The minimum atomic E-state index is -0.609. The molecule has 6 nitrogen and oxygen atoms in total. The molecule has 0 bridgehead atoms. The van der Waals surface area contributed by atoms with Crippen molar-refractivity contribution in [3.8, 4) is 11.5 Å². The molecule has 0 radical (unpaired) electrons. The monoisotopic (exact) mass is 323 g/mol. The van der Waals surface area contributed by atoms with E-state index in [0.29, 0.717) is 30.3 Å². The summed E-state index contributed by atoms with van der Waals surface area (Å²) in [5.74, 6) is 1.04. The Hall–Kier alpha value is -1.63. The predicted octanol–water partition coefficient (Wildman–Crippen LogP) is 1.36. The lowest BCUT2D eigenvalue weighted by atomic mass is 9.90. The molecular formula is C17H25NO5. The van der Waals surface area contributed by atoms with Gasteiger partial charge in [0.2, 0.25) is 0 Å². The molecule has 2 rings (SSSR count). The van der Waals surface area contributed by atoms with E-state index in [9.17, 15) is 4.79 Å². The van der Waals surface area contributed by atoms with E-state index in [4.69, 9.17) is 19.3 Å². The molecular weight excluding hydrogens is 298 g/mol. The van der Waals surface area contributed by atoms with Crippen molar-refractivity contribution < 1.29 is 24.1 Å². The number of ketones is 1. The smallest absolute Gasteiger partial charge is 0.182 e. The number of hydrogen-bond donors (Lipinski definition) is 1. The van der Waals surface area contributed by atoms with Crippen molar-refractivity contribution in [1.82, 2.24) is 4.90 Å². The fraction of sp³-hybridized carbons (Fsp3) is 0.588. The van der Waals surface area contributed by atoms with Crippen LogP contribution in [0.25, 0.3) is 0 Å². The Labute approximate surface area is 136 Å². The highest BCUT2D eigenvalue weighted by molar-refractivity contribution is 6.03. The van der Waals surface area contributed by atoms with E-state index in [1.54, 1.807) is 18.2 Å². The van der Waals surface area contributed by atoms with Crippen molar-refractivity contribution in [2.24, 2.45) is 0 Å². The summed E-state index contributed by atoms with van der Waals surface area (Å²) in [4.78, 5) is 15.1. The van der Waals surface area contributed by atoms with E-state index in [2.05, 4.69) is 4.90 Å². The van der Waals surface area contributed by atoms with Crippen molar-refractivity contribution in [3.63, 3.8) is 0 Å². The van der Waals surface area contributed by atoms with Crippen LogP contribution in [0.4, 0.5) is 0 Å². The molecule has 1 N–H and O–H groups in total. The van der Waals surface area contributed by atoms with E-state index in [1.807, 2.05) is 13.8 Å². The fourth-order valence-corrected chi connectivity index (χ4v) is 2.70. The highest BCUT2D eigenvalue weighted by atomic mass is 16.5. The van der Waals surface area contributed by atoms with Crippen LogP contribution in [0.15, 0.2) is 18.2 Å². The maximum absolute atomic E-state index is 12.9. The number of aliphatic hydroxyl groups is 1. The van der Waals surface area contributed by atoms with Crippen LogP contribution in [0.3, 0.4) is 0 Å². The molecule has 0 atom stereocenters. The summed E-state index contributed by atoms with van der Waals surface area (Å²) in [6.07, 6.45) is 0. The second-order valence-electron chi connectivity index (χ2n) is 5.93. The van der Waals surface area contributed by atoms with Crippen molar-refractivity contribution in [2.75, 3.05) is 46.6 Å². The summed E-state index contributed by atoms with van der Waals surface area (Å²) >= 11 is 0. The number of methoxy groups -OCH3 is 1. The van der Waals surface area contributed by atoms with Crippen LogP contribution in [-0.2, 0) is 4.74 Å². The lowest BCUT2D eigenvalue weighted by Crippen LogP contribution is -2.54. The third-order valence-electron chi connectivity index (χ3n) is 4.13. The second-order valence-corrected chi connectivity index (χ2v) is 5.93. The van der Waals surface area contributed by atoms with Crippen LogP contribution in [0.5, 0.6) is 11.5 Å². The van der Waals surface area contributed by atoms with Gasteiger partial charge in [0.25, 0.3) is 0 Å². The van der Waals surface area contributed by atoms with Gasteiger partial charge in [-0.1, -0.05) is 0 Å². The number of morpholine rings is 1. The van der Waals surface area contributed by atoms with Gasteiger partial charge in [-0.05, 0) is 32.0 Å². The molecule has 1 fully saturated rings. The third kappa shape index (κ3) is 4.02. The van der Waals surface area contributed by atoms with E-state index in [-0.39, 0.29) is 19.0 Å². The number of ether oxygens (including phenoxy) is 3. The summed E-state index contributed by atoms with van der Waals surface area (Å²) in [6.45, 7) is 6.76. The zero-order valence-corrected chi connectivity index (χ0v) is 14.0. The van der Waals surface area contributed by atoms with Crippen LogP contribution in [-0.4, -0.2) is 68.0 Å². The molecule has 1 aliphatic rings. The molecule has 0 amide bonds. The summed E-state index contributed by atoms with van der Waals surface area (Å²) in [5, 5.41) is 8.85. The Balaban J connectivity index is 2.20. The number of nitrogens with zero attached hydrogens (tertiary/aromatic N) is 1. The molecule has 1 aromatic carbocycles. The zero-order valence-electron chi connectivity index (χ0n) is 14.0. The average molecular weight is 323 g/mol. The summed E-state index contributed by atoms with van der Waals surface area (Å²) in [5.41, 5.74) is -0.0304. The number of aliphatic hydroxyl groups excluding tert-OH is 1. The Bertz CT molecular complexity index is 538. The van der Waals surface area contributed by atoms with E-state index >= 15 is 0 Å². The summed E-state index contributed by atoms with van der Waals surface area (Å²) in [7, 11) is 1.53. The average Bonchev–Trinajstić information content (AvgIpc) is 2.59. The van der Waals surface area contributed by atoms with Crippen molar-refractivity contribution in [3.05, 3.63) is 23.8 Å². The molecule has 128 valence electrons. The van der Waals surface area contributed by atoms with Gasteiger partial charge < -0.3 is 19.3 Å². The van der Waals surface area contributed by atoms with Gasteiger partial charge in [0.15, 0.2) is 17.3 Å². The largest absolute Gasteiger partial charge is 0.493 e. The van der Waals surface area contributed by atoms with Crippen LogP contribution < -0.4 is 9.47 Å². The number of carbonyl (C=O) groups excluding carboxylic acids is 1. The Kier molecular flexibility index (Phi) is 5.98. The molecule has 0 aromatic heterocycles. The normalized spacial score (nSPS) is 16.2. The van der Waals surface area contributed by atoms with Gasteiger partial charge in [-0.25, -0.2) is 0 Å². The molecule has 1 saturated heterocycles. The molecule has 0 saturated carbocycles. The third-order valence-corrected chi connectivity index (χ3v) is 4.13. The highest BCUT2D eigenvalue weighted by Crippen LogP contribution is 2.30. The Morgan fingerprint density at radius 3 is 2.61 bits per heavy atom. The van der Waals surface area contributed by atoms with Gasteiger partial charge in [0.05, 0.1) is 32.5 Å². The first-order chi connectivity index (χ1) is 11.0. The van der Waals surface area contributed by atoms with Crippen molar-refractivity contribution in [1.29, 1.82) is 0 Å². The quantitative estimate of drug-likeness (QED) is 0.764. The van der Waals surface area contributed by atoms with Gasteiger partial charge in [-0.15, -0.1) is 0 Å². The summed E-state index contributed by atoms with van der Waals surface area (Å²) in [6, 6.07) is 5.13. The number of Topliss-reactive ketones (excluding diaryl/α,β-unsaturated/α-hetero) is 1. The molecule has 0 spiro atoms. The molecule has 1 aromatic rings. The topological polar surface area (TPSA) is 68.2 Å². The van der Waals surface area contributed by atoms with Crippen LogP contribution in [0, 0.1) is 0 Å². The van der Waals surface area contributed by atoms with Crippen LogP contribution in [0.2, 0.25) is 0 Å². The van der Waals surface area contributed by atoms with E-state index in [0.717, 1.165) is 13.1 Å². The Morgan fingerprint density at radius 2 is 2.00 bits per heavy atom. The van der Waals surface area contributed by atoms with Gasteiger partial charge in [-0.2, -0.15) is 0 Å². The second kappa shape index (κ2) is 7.77. The van der Waals surface area contributed by atoms with Crippen molar-refractivity contribution >= 4 is 5.78 Å². The summed E-state index contributed by atoms with van der Waals surface area (Å²) < 4.78 is 16.1. The standard InChI is InChI=1S/C17H25NO5/c1-17(2,18-6-9-22-10-7-18)16(20)13-4-5-14(23-11-8-19)15(12-13)21-3/h4-5,12,19H,6-11H2,1-3H3. The first-order valence-electron chi connectivity index (χ1n) is 7.80. The minimum Gasteiger partial charge on any atom is -0.493 e. The van der Waals surface area contributed by atoms with Crippen LogP contribution in [0.1, 0.15) is 24.2 Å². The maximum atomic E-state index is 12.9. The molecule has 0 unspecified atom stereocenters. The van der Waals surface area contributed by atoms with Crippen LogP contribution >= 0.6 is 0 Å². The molecule has 1 heterocycles. The van der Waals surface area contributed by atoms with Crippen molar-refractivity contribution in [2.45, 2.75) is 19.4 Å². The lowest BCUT2D eigenvalue weighted by molar-refractivity contribution is -0.00430. The van der Waals surface area contributed by atoms with E-state index in [1.165, 1.54) is 7.11 Å². The number of hydrogen-bond acceptors (Lipinski definition) is 6. The predicted molar refractivity (Wildman–Crippen MR) is 86.4 cm³/mol. The first kappa shape index (κ1) is 17.7. The molecule has 0 aliphatic carbocycles. The minimum absolute atomic E-state index is 0.0337. The lowest BCUT2D eigenvalue weighted by Gasteiger charge is -2.39.